The van der Waals surface area contributed by atoms with Crippen LogP contribution < -0.4 is 10.5 Å². The molecule has 2 aromatic rings. The largest absolute Gasteiger partial charge is 0.445 e. The van der Waals surface area contributed by atoms with Crippen molar-refractivity contribution in [3.8, 4) is 0 Å². The highest BCUT2D eigenvalue weighted by atomic mass is 32.2. The summed E-state index contributed by atoms with van der Waals surface area (Å²) >= 11 is 0. The predicted octanol–water partition coefficient (Wildman–Crippen LogP) is 1.94. The van der Waals surface area contributed by atoms with Crippen molar-refractivity contribution in [2.24, 2.45) is 5.14 Å². The summed E-state index contributed by atoms with van der Waals surface area (Å²) in [6, 6.07) is 17.2. The molecule has 6 nitrogen and oxygen atoms in total. The number of alkyl carbamates (subject to hydrolysis) is 1. The van der Waals surface area contributed by atoms with Crippen LogP contribution in [0, 0.1) is 0 Å². The number of primary sulfonamides is 1. The van der Waals surface area contributed by atoms with Crippen LogP contribution in [0.4, 0.5) is 4.79 Å². The summed E-state index contributed by atoms with van der Waals surface area (Å²) in [5.41, 5.74) is 1.48. The van der Waals surface area contributed by atoms with E-state index in [2.05, 4.69) is 5.32 Å². The highest BCUT2D eigenvalue weighted by Gasteiger charge is 2.20. The van der Waals surface area contributed by atoms with Gasteiger partial charge in [-0.1, -0.05) is 60.7 Å². The number of sulfonamides is 1. The minimum absolute atomic E-state index is 0.101. The van der Waals surface area contributed by atoms with Crippen LogP contribution in [-0.2, 0) is 21.4 Å². The third-order valence-electron chi connectivity index (χ3n) is 3.11. The smallest absolute Gasteiger partial charge is 0.407 e. The molecule has 0 fully saturated rings. The third kappa shape index (κ3) is 6.09. The van der Waals surface area contributed by atoms with Crippen molar-refractivity contribution in [1.82, 2.24) is 5.32 Å². The lowest BCUT2D eigenvalue weighted by atomic mass is 10.1. The first-order valence-electron chi connectivity index (χ1n) is 6.97. The molecule has 122 valence electrons. The first-order chi connectivity index (χ1) is 10.9. The maximum atomic E-state index is 11.9. The van der Waals surface area contributed by atoms with Gasteiger partial charge in [-0.15, -0.1) is 0 Å². The summed E-state index contributed by atoms with van der Waals surface area (Å²) in [6.07, 6.45) is -0.702. The number of hydrogen-bond acceptors (Lipinski definition) is 4. The quantitative estimate of drug-likeness (QED) is 0.843. The second kappa shape index (κ2) is 7.75. The Kier molecular flexibility index (Phi) is 5.72. The van der Waals surface area contributed by atoms with E-state index < -0.39 is 27.9 Å². The Morgan fingerprint density at radius 1 is 1.04 bits per heavy atom. The molecular formula is C16H18N2O4S. The molecule has 1 amide bonds. The van der Waals surface area contributed by atoms with Crippen molar-refractivity contribution in [1.29, 1.82) is 0 Å². The van der Waals surface area contributed by atoms with Gasteiger partial charge < -0.3 is 10.1 Å². The van der Waals surface area contributed by atoms with E-state index in [0.717, 1.165) is 5.56 Å². The Labute approximate surface area is 135 Å². The zero-order chi connectivity index (χ0) is 16.7. The number of carbonyl (C=O) groups excluding carboxylic acids is 1. The SMILES string of the molecule is NS(=O)(=O)C[C@@H](NC(=O)OCc1ccccc1)c1ccccc1. The first-order valence-corrected chi connectivity index (χ1v) is 8.68. The number of amides is 1. The molecule has 0 saturated heterocycles. The Morgan fingerprint density at radius 3 is 2.17 bits per heavy atom. The van der Waals surface area contributed by atoms with E-state index in [1.165, 1.54) is 0 Å². The molecule has 0 aliphatic heterocycles. The van der Waals surface area contributed by atoms with Crippen LogP contribution in [0.25, 0.3) is 0 Å². The molecule has 0 aliphatic rings. The fourth-order valence-corrected chi connectivity index (χ4v) is 2.79. The average molecular weight is 334 g/mol. The van der Waals surface area contributed by atoms with Gasteiger partial charge in [0.15, 0.2) is 0 Å². The number of ether oxygens (including phenoxy) is 1. The van der Waals surface area contributed by atoms with Crippen molar-refractivity contribution in [2.75, 3.05) is 5.75 Å². The van der Waals surface area contributed by atoms with Gasteiger partial charge in [-0.25, -0.2) is 18.4 Å². The van der Waals surface area contributed by atoms with Crippen molar-refractivity contribution >= 4 is 16.1 Å². The zero-order valence-corrected chi connectivity index (χ0v) is 13.2. The van der Waals surface area contributed by atoms with Crippen molar-refractivity contribution in [2.45, 2.75) is 12.6 Å². The maximum absolute atomic E-state index is 11.9. The van der Waals surface area contributed by atoms with Crippen molar-refractivity contribution in [3.05, 3.63) is 71.8 Å². The number of benzene rings is 2. The fourth-order valence-electron chi connectivity index (χ4n) is 2.05. The average Bonchev–Trinajstić information content (AvgIpc) is 2.53. The fraction of sp³-hybridized carbons (Fsp3) is 0.188. The van der Waals surface area contributed by atoms with Gasteiger partial charge in [-0.05, 0) is 11.1 Å². The number of nitrogens with two attached hydrogens (primary N) is 1. The molecule has 0 aliphatic carbocycles. The number of nitrogens with one attached hydrogen (secondary N) is 1. The summed E-state index contributed by atoms with van der Waals surface area (Å²) in [5, 5.41) is 7.63. The monoisotopic (exact) mass is 334 g/mol. The summed E-state index contributed by atoms with van der Waals surface area (Å²) in [5.74, 6) is -0.405. The Hall–Kier alpha value is -2.38. The van der Waals surface area contributed by atoms with Gasteiger partial charge in [-0.3, -0.25) is 0 Å². The topological polar surface area (TPSA) is 98.5 Å². The van der Waals surface area contributed by atoms with Crippen LogP contribution in [0.1, 0.15) is 17.2 Å². The molecule has 2 aromatic carbocycles. The van der Waals surface area contributed by atoms with E-state index in [4.69, 9.17) is 9.88 Å². The van der Waals surface area contributed by atoms with Gasteiger partial charge in [0.05, 0.1) is 11.8 Å². The predicted molar refractivity (Wildman–Crippen MR) is 86.9 cm³/mol. The first kappa shape index (κ1) is 17.0. The van der Waals surface area contributed by atoms with Gasteiger partial charge in [0, 0.05) is 0 Å². The van der Waals surface area contributed by atoms with Crippen LogP contribution in [0.15, 0.2) is 60.7 Å². The van der Waals surface area contributed by atoms with Gasteiger partial charge in [-0.2, -0.15) is 0 Å². The Bertz CT molecular complexity index is 733. The molecule has 2 rings (SSSR count). The lowest BCUT2D eigenvalue weighted by Gasteiger charge is -2.18. The standard InChI is InChI=1S/C16H18N2O4S/c17-23(20,21)12-15(14-9-5-2-6-10-14)18-16(19)22-11-13-7-3-1-4-8-13/h1-10,15H,11-12H2,(H,18,19)(H2,17,20,21)/t15-/m1/s1. The molecule has 0 unspecified atom stereocenters. The van der Waals surface area contributed by atoms with Crippen molar-refractivity contribution < 1.29 is 17.9 Å². The third-order valence-corrected chi connectivity index (χ3v) is 3.90. The number of carbonyl (C=O) groups is 1. The normalized spacial score (nSPS) is 12.4. The van der Waals surface area contributed by atoms with Gasteiger partial charge in [0.2, 0.25) is 10.0 Å². The van der Waals surface area contributed by atoms with Gasteiger partial charge in [0.1, 0.15) is 6.61 Å². The van der Waals surface area contributed by atoms with Crippen LogP contribution in [-0.4, -0.2) is 20.3 Å². The lowest BCUT2D eigenvalue weighted by Crippen LogP contribution is -2.35. The second-order valence-corrected chi connectivity index (χ2v) is 6.66. The summed E-state index contributed by atoms with van der Waals surface area (Å²) in [4.78, 5) is 11.9. The molecule has 1 atom stereocenters. The number of rotatable bonds is 6. The highest BCUT2D eigenvalue weighted by Crippen LogP contribution is 2.14. The van der Waals surface area contributed by atoms with E-state index >= 15 is 0 Å². The van der Waals surface area contributed by atoms with E-state index in [9.17, 15) is 13.2 Å². The van der Waals surface area contributed by atoms with Gasteiger partial charge >= 0.3 is 6.09 Å². The molecule has 7 heteroatoms. The molecule has 3 N–H and O–H groups in total. The second-order valence-electron chi connectivity index (χ2n) is 5.00. The molecule has 0 heterocycles. The minimum Gasteiger partial charge on any atom is -0.445 e. The summed E-state index contributed by atoms with van der Waals surface area (Å²) < 4.78 is 27.8. The Morgan fingerprint density at radius 2 is 1.61 bits per heavy atom. The highest BCUT2D eigenvalue weighted by molar-refractivity contribution is 7.89. The zero-order valence-electron chi connectivity index (χ0n) is 12.4. The molecular weight excluding hydrogens is 316 g/mol. The summed E-state index contributed by atoms with van der Waals surface area (Å²) in [6.45, 7) is 0.101. The van der Waals surface area contributed by atoms with Gasteiger partial charge in [0.25, 0.3) is 0 Å². The molecule has 0 aromatic heterocycles. The van der Waals surface area contributed by atoms with E-state index in [0.29, 0.717) is 5.56 Å². The molecule has 0 radical (unpaired) electrons. The van der Waals surface area contributed by atoms with Crippen LogP contribution in [0.3, 0.4) is 0 Å². The van der Waals surface area contributed by atoms with E-state index in [1.54, 1.807) is 30.3 Å². The molecule has 0 bridgehead atoms. The molecule has 0 spiro atoms. The van der Waals surface area contributed by atoms with Crippen LogP contribution in [0.2, 0.25) is 0 Å². The molecule has 0 saturated carbocycles. The van der Waals surface area contributed by atoms with Crippen LogP contribution in [0.5, 0.6) is 0 Å². The minimum atomic E-state index is -3.75. The Balaban J connectivity index is 2.01. The van der Waals surface area contributed by atoms with Crippen LogP contribution >= 0.6 is 0 Å². The summed E-state index contributed by atoms with van der Waals surface area (Å²) in [7, 11) is -3.75. The van der Waals surface area contributed by atoms with E-state index in [1.807, 2.05) is 30.3 Å². The lowest BCUT2D eigenvalue weighted by molar-refractivity contribution is 0.136. The van der Waals surface area contributed by atoms with E-state index in [-0.39, 0.29) is 6.61 Å². The maximum Gasteiger partial charge on any atom is 0.407 e. The number of hydrogen-bond donors (Lipinski definition) is 2. The van der Waals surface area contributed by atoms with Crippen molar-refractivity contribution in [3.63, 3.8) is 0 Å². The molecule has 23 heavy (non-hydrogen) atoms.